The molecule has 0 heterocycles. The van der Waals surface area contributed by atoms with E-state index in [2.05, 4.69) is 27.8 Å². The van der Waals surface area contributed by atoms with Gasteiger partial charge in [-0.3, -0.25) is 4.99 Å². The van der Waals surface area contributed by atoms with Crippen LogP contribution in [0, 0.1) is 0 Å². The van der Waals surface area contributed by atoms with E-state index in [-0.39, 0.29) is 6.10 Å². The van der Waals surface area contributed by atoms with E-state index >= 15 is 0 Å². The number of hydrogen-bond acceptors (Lipinski definition) is 4. The highest BCUT2D eigenvalue weighted by Crippen LogP contribution is 2.26. The summed E-state index contributed by atoms with van der Waals surface area (Å²) in [5, 5.41) is 6.65. The molecule has 0 spiro atoms. The zero-order valence-corrected chi connectivity index (χ0v) is 17.2. The normalized spacial score (nSPS) is 12.4. The molecular weight excluding hydrogens is 354 g/mol. The van der Waals surface area contributed by atoms with Gasteiger partial charge >= 0.3 is 0 Å². The Balaban J connectivity index is 1.85. The maximum Gasteiger partial charge on any atom is 0.191 e. The van der Waals surface area contributed by atoms with E-state index in [1.54, 1.807) is 14.2 Å². The zero-order valence-electron chi connectivity index (χ0n) is 17.2. The first-order valence-electron chi connectivity index (χ1n) is 9.56. The molecule has 0 amide bonds. The second kappa shape index (κ2) is 11.9. The van der Waals surface area contributed by atoms with Crippen LogP contribution < -0.4 is 20.1 Å². The molecule has 2 aromatic carbocycles. The maximum atomic E-state index is 5.97. The van der Waals surface area contributed by atoms with Crippen LogP contribution in [0.15, 0.2) is 53.5 Å². The summed E-state index contributed by atoms with van der Waals surface area (Å²) in [4.78, 5) is 4.29. The van der Waals surface area contributed by atoms with Crippen molar-refractivity contribution in [2.45, 2.75) is 33.1 Å². The molecule has 0 aliphatic heterocycles. The van der Waals surface area contributed by atoms with Crippen molar-refractivity contribution in [1.29, 1.82) is 0 Å². The van der Waals surface area contributed by atoms with E-state index in [0.29, 0.717) is 26.3 Å². The van der Waals surface area contributed by atoms with Gasteiger partial charge in [0, 0.05) is 20.2 Å². The monoisotopic (exact) mass is 385 g/mol. The highest BCUT2D eigenvalue weighted by molar-refractivity contribution is 5.79. The number of aliphatic imine (C=N–C) groups is 1. The highest BCUT2D eigenvalue weighted by atomic mass is 16.5. The van der Waals surface area contributed by atoms with E-state index in [1.807, 2.05) is 50.2 Å². The molecule has 0 aliphatic rings. The average Bonchev–Trinajstić information content (AvgIpc) is 2.73. The molecule has 0 fully saturated rings. The molecule has 1 atom stereocenters. The fourth-order valence-corrected chi connectivity index (χ4v) is 2.70. The number of para-hydroxylation sites is 2. The van der Waals surface area contributed by atoms with Crippen molar-refractivity contribution in [1.82, 2.24) is 10.6 Å². The number of hydrogen-bond donors (Lipinski definition) is 2. The van der Waals surface area contributed by atoms with Gasteiger partial charge in [0.25, 0.3) is 0 Å². The molecule has 0 radical (unpaired) electrons. The molecule has 0 bridgehead atoms. The lowest BCUT2D eigenvalue weighted by Gasteiger charge is -2.19. The largest absolute Gasteiger partial charge is 0.493 e. The minimum Gasteiger partial charge on any atom is -0.493 e. The molecule has 0 saturated carbocycles. The topological polar surface area (TPSA) is 64.1 Å². The molecule has 6 heteroatoms. The average molecular weight is 386 g/mol. The smallest absolute Gasteiger partial charge is 0.191 e. The quantitative estimate of drug-likeness (QED) is 0.485. The van der Waals surface area contributed by atoms with E-state index < -0.39 is 0 Å². The molecule has 28 heavy (non-hydrogen) atoms. The fraction of sp³-hybridized carbons (Fsp3) is 0.409. The Morgan fingerprint density at radius 3 is 2.36 bits per heavy atom. The number of nitrogens with zero attached hydrogens (tertiary/aromatic N) is 1. The highest BCUT2D eigenvalue weighted by Gasteiger charge is 2.10. The summed E-state index contributed by atoms with van der Waals surface area (Å²) in [6.07, 6.45) is -0.0555. The van der Waals surface area contributed by atoms with Crippen LogP contribution in [0.2, 0.25) is 0 Å². The molecule has 0 aliphatic carbocycles. The summed E-state index contributed by atoms with van der Waals surface area (Å²) in [6, 6.07) is 15.9. The number of nitrogens with one attached hydrogen (secondary N) is 2. The van der Waals surface area contributed by atoms with E-state index in [4.69, 9.17) is 14.2 Å². The second-order valence-corrected chi connectivity index (χ2v) is 6.29. The van der Waals surface area contributed by atoms with Gasteiger partial charge in [0.1, 0.15) is 6.10 Å². The summed E-state index contributed by atoms with van der Waals surface area (Å²) in [5.41, 5.74) is 2.37. The van der Waals surface area contributed by atoms with Crippen LogP contribution in [0.3, 0.4) is 0 Å². The number of benzene rings is 2. The molecule has 6 nitrogen and oxygen atoms in total. The van der Waals surface area contributed by atoms with E-state index in [9.17, 15) is 0 Å². The molecule has 0 saturated heterocycles. The Kier molecular flexibility index (Phi) is 9.15. The van der Waals surface area contributed by atoms with Crippen LogP contribution in [0.5, 0.6) is 11.5 Å². The van der Waals surface area contributed by atoms with E-state index in [1.165, 1.54) is 11.1 Å². The van der Waals surface area contributed by atoms with Crippen molar-refractivity contribution in [3.05, 3.63) is 59.7 Å². The standard InChI is InChI=1S/C22H31N3O3/c1-5-27-16-19-11-7-6-10-18(19)15-25-22(23-3)24-14-17(2)28-21-13-9-8-12-20(21)26-4/h6-13,17H,5,14-16H2,1-4H3,(H2,23,24,25). The zero-order chi connectivity index (χ0) is 20.2. The van der Waals surface area contributed by atoms with Gasteiger partial charge in [-0.05, 0) is 37.1 Å². The van der Waals surface area contributed by atoms with Crippen LogP contribution >= 0.6 is 0 Å². The van der Waals surface area contributed by atoms with Gasteiger partial charge in [-0.25, -0.2) is 0 Å². The van der Waals surface area contributed by atoms with Crippen molar-refractivity contribution >= 4 is 5.96 Å². The third-order valence-electron chi connectivity index (χ3n) is 4.20. The first-order chi connectivity index (χ1) is 13.7. The minimum atomic E-state index is -0.0555. The van der Waals surface area contributed by atoms with Crippen LogP contribution in [0.4, 0.5) is 0 Å². The van der Waals surface area contributed by atoms with Crippen molar-refractivity contribution in [2.75, 3.05) is 27.3 Å². The summed E-state index contributed by atoms with van der Waals surface area (Å²) < 4.78 is 16.8. The maximum absolute atomic E-state index is 5.97. The van der Waals surface area contributed by atoms with Gasteiger partial charge < -0.3 is 24.8 Å². The van der Waals surface area contributed by atoms with Crippen LogP contribution in [0.25, 0.3) is 0 Å². The molecule has 0 aromatic heterocycles. The summed E-state index contributed by atoms with van der Waals surface area (Å²) in [5.74, 6) is 2.18. The number of methoxy groups -OCH3 is 1. The van der Waals surface area contributed by atoms with Crippen LogP contribution in [0.1, 0.15) is 25.0 Å². The lowest BCUT2D eigenvalue weighted by Crippen LogP contribution is -2.41. The fourth-order valence-electron chi connectivity index (χ4n) is 2.70. The third kappa shape index (κ3) is 6.78. The van der Waals surface area contributed by atoms with Gasteiger partial charge in [0.05, 0.1) is 20.3 Å². The van der Waals surface area contributed by atoms with Gasteiger partial charge in [-0.2, -0.15) is 0 Å². The third-order valence-corrected chi connectivity index (χ3v) is 4.20. The summed E-state index contributed by atoms with van der Waals surface area (Å²) >= 11 is 0. The predicted octanol–water partition coefficient (Wildman–Crippen LogP) is 3.36. The Hall–Kier alpha value is -2.73. The lowest BCUT2D eigenvalue weighted by molar-refractivity contribution is 0.133. The van der Waals surface area contributed by atoms with Gasteiger partial charge in [-0.15, -0.1) is 0 Å². The Morgan fingerprint density at radius 1 is 1.00 bits per heavy atom. The molecule has 2 aromatic rings. The first-order valence-corrected chi connectivity index (χ1v) is 9.56. The van der Waals surface area contributed by atoms with Gasteiger partial charge in [0.2, 0.25) is 0 Å². The van der Waals surface area contributed by atoms with Crippen molar-refractivity contribution in [3.63, 3.8) is 0 Å². The Labute approximate surface area is 167 Å². The van der Waals surface area contributed by atoms with Crippen LogP contribution in [-0.2, 0) is 17.9 Å². The summed E-state index contributed by atoms with van der Waals surface area (Å²) in [6.45, 7) is 6.60. The van der Waals surface area contributed by atoms with E-state index in [0.717, 1.165) is 17.5 Å². The summed E-state index contributed by atoms with van der Waals surface area (Å²) in [7, 11) is 3.40. The van der Waals surface area contributed by atoms with Crippen molar-refractivity contribution in [3.8, 4) is 11.5 Å². The molecule has 1 unspecified atom stereocenters. The van der Waals surface area contributed by atoms with Gasteiger partial charge in [0.15, 0.2) is 17.5 Å². The first kappa shape index (κ1) is 21.6. The Morgan fingerprint density at radius 2 is 1.68 bits per heavy atom. The minimum absolute atomic E-state index is 0.0555. The molecule has 152 valence electrons. The Bertz CT molecular complexity index is 749. The van der Waals surface area contributed by atoms with Gasteiger partial charge in [-0.1, -0.05) is 36.4 Å². The number of ether oxygens (including phenoxy) is 3. The number of guanidine groups is 1. The molecular formula is C22H31N3O3. The predicted molar refractivity (Wildman–Crippen MR) is 113 cm³/mol. The SMILES string of the molecule is CCOCc1ccccc1CNC(=NC)NCC(C)Oc1ccccc1OC. The molecule has 2 rings (SSSR count). The lowest BCUT2D eigenvalue weighted by atomic mass is 10.1. The number of rotatable bonds is 10. The van der Waals surface area contributed by atoms with Crippen molar-refractivity contribution in [2.24, 2.45) is 4.99 Å². The van der Waals surface area contributed by atoms with Crippen LogP contribution in [-0.4, -0.2) is 39.4 Å². The molecule has 2 N–H and O–H groups in total. The second-order valence-electron chi connectivity index (χ2n) is 6.29. The van der Waals surface area contributed by atoms with Crippen molar-refractivity contribution < 1.29 is 14.2 Å².